The van der Waals surface area contributed by atoms with Gasteiger partial charge in [0, 0.05) is 20.0 Å². The number of carbonyl (C=O) groups is 2. The topological polar surface area (TPSA) is 67.4 Å². The third kappa shape index (κ3) is 4.83. The number of rotatable bonds is 3. The molecule has 0 saturated carbocycles. The molecule has 1 saturated heterocycles. The van der Waals surface area contributed by atoms with Crippen LogP contribution < -0.4 is 10.6 Å². The number of nitrogens with one attached hydrogen (secondary N) is 2. The number of ketones is 1. The lowest BCUT2D eigenvalue weighted by atomic mass is 10.0. The van der Waals surface area contributed by atoms with Crippen LogP contribution in [-0.2, 0) is 14.3 Å². The highest BCUT2D eigenvalue weighted by molar-refractivity contribution is 6.42. The van der Waals surface area contributed by atoms with Crippen LogP contribution in [0.5, 0.6) is 0 Å². The lowest BCUT2D eigenvalue weighted by molar-refractivity contribution is -0.137. The number of halogens is 3. The molecule has 0 radical (unpaired) electrons. The zero-order chi connectivity index (χ0) is 15.4. The molecule has 5 nitrogen and oxygen atoms in total. The second-order valence-electron chi connectivity index (χ2n) is 4.81. The Morgan fingerprint density at radius 3 is 2.68 bits per heavy atom. The van der Waals surface area contributed by atoms with Crippen LogP contribution in [0.1, 0.15) is 18.6 Å². The van der Waals surface area contributed by atoms with Gasteiger partial charge in [-0.1, -0.05) is 29.3 Å². The maximum atomic E-state index is 11.6. The molecule has 1 aromatic rings. The zero-order valence-corrected chi connectivity index (χ0v) is 14.2. The standard InChI is InChI=1S/C14H16Cl2N2O3.ClH/c1-8(19)14(20)18-12-7-17-4-5-21-13(12)9-2-3-10(15)11(16)6-9;/h2-3,6,12-13,17H,4-5,7H2,1H3,(H,18,20);1H/t12-,13+;/m1./s1. The summed E-state index contributed by atoms with van der Waals surface area (Å²) in [5.74, 6) is -1.16. The highest BCUT2D eigenvalue weighted by Gasteiger charge is 2.28. The van der Waals surface area contributed by atoms with Crippen molar-refractivity contribution < 1.29 is 14.3 Å². The van der Waals surface area contributed by atoms with Gasteiger partial charge >= 0.3 is 0 Å². The normalized spacial score (nSPS) is 21.4. The molecule has 1 aliphatic rings. The van der Waals surface area contributed by atoms with Crippen LogP contribution in [0.15, 0.2) is 18.2 Å². The van der Waals surface area contributed by atoms with E-state index in [0.29, 0.717) is 29.7 Å². The van der Waals surface area contributed by atoms with E-state index in [1.807, 2.05) is 0 Å². The first-order valence-electron chi connectivity index (χ1n) is 6.57. The SMILES string of the molecule is CC(=O)C(=O)N[C@@H]1CNCCO[C@H]1c1ccc(Cl)c(Cl)c1.Cl. The van der Waals surface area contributed by atoms with Crippen molar-refractivity contribution in [1.82, 2.24) is 10.6 Å². The molecule has 0 spiro atoms. The minimum atomic E-state index is -0.627. The summed E-state index contributed by atoms with van der Waals surface area (Å²) in [7, 11) is 0. The molecule has 1 aliphatic heterocycles. The van der Waals surface area contributed by atoms with Crippen molar-refractivity contribution in [2.75, 3.05) is 19.7 Å². The molecule has 0 unspecified atom stereocenters. The van der Waals surface area contributed by atoms with E-state index in [2.05, 4.69) is 10.6 Å². The molecule has 0 aromatic heterocycles. The average molecular weight is 368 g/mol. The van der Waals surface area contributed by atoms with Crippen LogP contribution in [0, 0.1) is 0 Å². The summed E-state index contributed by atoms with van der Waals surface area (Å²) in [4.78, 5) is 22.8. The number of amides is 1. The molecule has 1 fully saturated rings. The molecule has 0 aliphatic carbocycles. The van der Waals surface area contributed by atoms with E-state index in [1.165, 1.54) is 6.92 Å². The van der Waals surface area contributed by atoms with Crippen LogP contribution >= 0.6 is 35.6 Å². The molecule has 2 atom stereocenters. The minimum absolute atomic E-state index is 0. The number of hydrogen-bond donors (Lipinski definition) is 2. The Balaban J connectivity index is 0.00000242. The van der Waals surface area contributed by atoms with Gasteiger partial charge < -0.3 is 15.4 Å². The first-order chi connectivity index (χ1) is 9.99. The lowest BCUT2D eigenvalue weighted by Crippen LogP contribution is -2.46. The van der Waals surface area contributed by atoms with Gasteiger partial charge in [-0.3, -0.25) is 9.59 Å². The largest absolute Gasteiger partial charge is 0.370 e. The second kappa shape index (κ2) is 8.70. The molecule has 1 heterocycles. The number of Topliss-reactive ketones (excluding diaryl/α,β-unsaturated/α-hetero) is 1. The Hall–Kier alpha value is -0.850. The van der Waals surface area contributed by atoms with Crippen molar-refractivity contribution in [3.05, 3.63) is 33.8 Å². The zero-order valence-electron chi connectivity index (χ0n) is 11.9. The van der Waals surface area contributed by atoms with E-state index in [4.69, 9.17) is 27.9 Å². The molecule has 22 heavy (non-hydrogen) atoms. The van der Waals surface area contributed by atoms with Crippen LogP contribution in [0.2, 0.25) is 10.0 Å². The third-order valence-electron chi connectivity index (χ3n) is 3.21. The monoisotopic (exact) mass is 366 g/mol. The number of hydrogen-bond acceptors (Lipinski definition) is 4. The fourth-order valence-corrected chi connectivity index (χ4v) is 2.46. The molecule has 122 valence electrons. The molecular weight excluding hydrogens is 351 g/mol. The molecule has 2 N–H and O–H groups in total. The van der Waals surface area contributed by atoms with Crippen LogP contribution in [-0.4, -0.2) is 37.4 Å². The van der Waals surface area contributed by atoms with E-state index in [-0.39, 0.29) is 18.4 Å². The minimum Gasteiger partial charge on any atom is -0.370 e. The smallest absolute Gasteiger partial charge is 0.287 e. The van der Waals surface area contributed by atoms with Crippen LogP contribution in [0.3, 0.4) is 0 Å². The molecular formula is C14H17Cl3N2O3. The Labute approximate surface area is 145 Å². The quantitative estimate of drug-likeness (QED) is 0.803. The van der Waals surface area contributed by atoms with Crippen molar-refractivity contribution in [1.29, 1.82) is 0 Å². The van der Waals surface area contributed by atoms with E-state index >= 15 is 0 Å². The number of ether oxygens (including phenoxy) is 1. The summed E-state index contributed by atoms with van der Waals surface area (Å²) >= 11 is 11.9. The van der Waals surface area contributed by atoms with Gasteiger partial charge in [-0.05, 0) is 17.7 Å². The van der Waals surface area contributed by atoms with Gasteiger partial charge in [-0.25, -0.2) is 0 Å². The maximum absolute atomic E-state index is 11.6. The Kier molecular flexibility index (Phi) is 7.59. The fraction of sp³-hybridized carbons (Fsp3) is 0.429. The second-order valence-corrected chi connectivity index (χ2v) is 5.62. The molecule has 2 rings (SSSR count). The van der Waals surface area contributed by atoms with E-state index in [0.717, 1.165) is 5.56 Å². The summed E-state index contributed by atoms with van der Waals surface area (Å²) < 4.78 is 5.79. The Bertz CT molecular complexity index is 554. The molecule has 8 heteroatoms. The van der Waals surface area contributed by atoms with Crippen molar-refractivity contribution >= 4 is 47.3 Å². The predicted octanol–water partition coefficient (Wildman–Crippen LogP) is 2.15. The van der Waals surface area contributed by atoms with E-state index in [1.54, 1.807) is 18.2 Å². The van der Waals surface area contributed by atoms with Crippen LogP contribution in [0.25, 0.3) is 0 Å². The summed E-state index contributed by atoms with van der Waals surface area (Å²) in [5, 5.41) is 6.72. The summed E-state index contributed by atoms with van der Waals surface area (Å²) in [6.07, 6.45) is -0.391. The van der Waals surface area contributed by atoms with Crippen LogP contribution in [0.4, 0.5) is 0 Å². The first-order valence-corrected chi connectivity index (χ1v) is 7.33. The molecule has 0 bridgehead atoms. The fourth-order valence-electron chi connectivity index (χ4n) is 2.15. The first kappa shape index (κ1) is 19.2. The van der Waals surface area contributed by atoms with Gasteiger partial charge in [0.25, 0.3) is 5.91 Å². The van der Waals surface area contributed by atoms with Gasteiger partial charge in [-0.2, -0.15) is 0 Å². The van der Waals surface area contributed by atoms with E-state index < -0.39 is 17.8 Å². The summed E-state index contributed by atoms with van der Waals surface area (Å²) in [6.45, 7) is 2.90. The Morgan fingerprint density at radius 1 is 1.32 bits per heavy atom. The highest BCUT2D eigenvalue weighted by Crippen LogP contribution is 2.29. The lowest BCUT2D eigenvalue weighted by Gasteiger charge is -2.26. The number of benzene rings is 1. The number of carbonyl (C=O) groups excluding carboxylic acids is 2. The third-order valence-corrected chi connectivity index (χ3v) is 3.95. The van der Waals surface area contributed by atoms with Crippen molar-refractivity contribution in [2.45, 2.75) is 19.1 Å². The molecule has 1 aromatic carbocycles. The molecule has 1 amide bonds. The predicted molar refractivity (Wildman–Crippen MR) is 87.9 cm³/mol. The van der Waals surface area contributed by atoms with Crippen molar-refractivity contribution in [3.63, 3.8) is 0 Å². The van der Waals surface area contributed by atoms with Crippen molar-refractivity contribution in [2.24, 2.45) is 0 Å². The average Bonchev–Trinajstić information content (AvgIpc) is 2.67. The van der Waals surface area contributed by atoms with Gasteiger partial charge in [0.1, 0.15) is 6.10 Å². The summed E-state index contributed by atoms with van der Waals surface area (Å²) in [5.41, 5.74) is 0.807. The van der Waals surface area contributed by atoms with Gasteiger partial charge in [0.05, 0.1) is 22.7 Å². The van der Waals surface area contributed by atoms with Gasteiger partial charge in [0.2, 0.25) is 5.78 Å². The Morgan fingerprint density at radius 2 is 2.05 bits per heavy atom. The maximum Gasteiger partial charge on any atom is 0.287 e. The van der Waals surface area contributed by atoms with E-state index in [9.17, 15) is 9.59 Å². The van der Waals surface area contributed by atoms with Gasteiger partial charge in [0.15, 0.2) is 0 Å². The van der Waals surface area contributed by atoms with Gasteiger partial charge in [-0.15, -0.1) is 12.4 Å². The van der Waals surface area contributed by atoms with Crippen molar-refractivity contribution in [3.8, 4) is 0 Å². The summed E-state index contributed by atoms with van der Waals surface area (Å²) in [6, 6.07) is 4.84. The highest BCUT2D eigenvalue weighted by atomic mass is 35.5.